The molecule has 138 valence electrons. The highest BCUT2D eigenvalue weighted by molar-refractivity contribution is 6.42. The summed E-state index contributed by atoms with van der Waals surface area (Å²) in [6, 6.07) is 12.1. The molecule has 6 heteroatoms. The van der Waals surface area contributed by atoms with E-state index in [1.807, 2.05) is 50.2 Å². The second kappa shape index (κ2) is 9.06. The van der Waals surface area contributed by atoms with Gasteiger partial charge in [-0.05, 0) is 29.7 Å². The number of hydrogen-bond acceptors (Lipinski definition) is 3. The molecule has 2 rings (SSSR count). The van der Waals surface area contributed by atoms with Gasteiger partial charge in [0.2, 0.25) is 5.91 Å². The quantitative estimate of drug-likeness (QED) is 0.726. The molecule has 0 spiro atoms. The zero-order valence-corrected chi connectivity index (χ0v) is 16.4. The third-order valence-electron chi connectivity index (χ3n) is 4.09. The second-order valence-corrected chi connectivity index (χ2v) is 6.98. The number of carbonyl (C=O) groups is 2. The van der Waals surface area contributed by atoms with Gasteiger partial charge in [-0.2, -0.15) is 0 Å². The molecule has 0 saturated carbocycles. The first-order chi connectivity index (χ1) is 12.3. The van der Waals surface area contributed by atoms with Crippen LogP contribution in [0, 0.1) is 6.92 Å². The average molecular weight is 394 g/mol. The Kier molecular flexibility index (Phi) is 7.06. The first-order valence-electron chi connectivity index (χ1n) is 8.22. The molecule has 0 heterocycles. The Morgan fingerprint density at radius 1 is 1.15 bits per heavy atom. The summed E-state index contributed by atoms with van der Waals surface area (Å²) in [6.07, 6.45) is 0. The monoisotopic (exact) mass is 393 g/mol. The molecule has 1 amide bonds. The lowest BCUT2D eigenvalue weighted by atomic mass is 9.92. The van der Waals surface area contributed by atoms with Gasteiger partial charge in [0.1, 0.15) is 12.6 Å². The summed E-state index contributed by atoms with van der Waals surface area (Å²) in [4.78, 5) is 24.2. The van der Waals surface area contributed by atoms with E-state index in [1.54, 1.807) is 6.07 Å². The molecule has 1 N–H and O–H groups in total. The van der Waals surface area contributed by atoms with E-state index < -0.39 is 12.0 Å². The van der Waals surface area contributed by atoms with Crippen molar-refractivity contribution in [3.63, 3.8) is 0 Å². The molecule has 0 aliphatic rings. The molecule has 2 unspecified atom stereocenters. The van der Waals surface area contributed by atoms with Gasteiger partial charge in [0, 0.05) is 12.8 Å². The Bertz CT molecular complexity index is 770. The van der Waals surface area contributed by atoms with Crippen LogP contribution in [-0.2, 0) is 20.9 Å². The van der Waals surface area contributed by atoms with Gasteiger partial charge in [0.15, 0.2) is 0 Å². The van der Waals surface area contributed by atoms with Crippen molar-refractivity contribution < 1.29 is 14.3 Å². The molecule has 0 aliphatic carbocycles. The molecule has 2 atom stereocenters. The number of nitrogens with one attached hydrogen (secondary N) is 1. The number of hydrogen-bond donors (Lipinski definition) is 1. The number of aryl methyl sites for hydroxylation is 1. The van der Waals surface area contributed by atoms with E-state index in [0.29, 0.717) is 10.0 Å². The molecule has 4 nitrogen and oxygen atoms in total. The van der Waals surface area contributed by atoms with Crippen LogP contribution < -0.4 is 5.32 Å². The van der Waals surface area contributed by atoms with Crippen LogP contribution in [-0.4, -0.2) is 17.9 Å². The molecule has 2 aromatic carbocycles. The minimum atomic E-state index is -0.826. The van der Waals surface area contributed by atoms with Crippen molar-refractivity contribution in [3.05, 3.63) is 69.2 Å². The van der Waals surface area contributed by atoms with Crippen LogP contribution in [0.4, 0.5) is 0 Å². The standard InChI is InChI=1S/C20H21Cl2NO3/c1-12-9-16(10-17(21)18(12)22)13(2)19(23-14(3)24)20(25)26-11-15-7-5-4-6-8-15/h4-10,13,19H,11H2,1-3H3,(H,23,24). The number of halogens is 2. The first-order valence-corrected chi connectivity index (χ1v) is 8.98. The highest BCUT2D eigenvalue weighted by Crippen LogP contribution is 2.31. The van der Waals surface area contributed by atoms with Gasteiger partial charge >= 0.3 is 5.97 Å². The van der Waals surface area contributed by atoms with Crippen molar-refractivity contribution in [1.29, 1.82) is 0 Å². The number of ether oxygens (including phenoxy) is 1. The van der Waals surface area contributed by atoms with Gasteiger partial charge in [-0.1, -0.05) is 66.5 Å². The molecule has 0 saturated heterocycles. The molecular formula is C20H21Cl2NO3. The van der Waals surface area contributed by atoms with Crippen LogP contribution >= 0.6 is 23.2 Å². The number of rotatable bonds is 6. The number of esters is 1. The molecule has 2 aromatic rings. The molecule has 0 bridgehead atoms. The predicted molar refractivity (Wildman–Crippen MR) is 103 cm³/mol. The molecule has 0 radical (unpaired) electrons. The van der Waals surface area contributed by atoms with Crippen molar-refractivity contribution in [3.8, 4) is 0 Å². The van der Waals surface area contributed by atoms with Gasteiger partial charge in [-0.25, -0.2) is 4.79 Å². The Balaban J connectivity index is 2.20. The van der Waals surface area contributed by atoms with Gasteiger partial charge in [-0.15, -0.1) is 0 Å². The van der Waals surface area contributed by atoms with Crippen LogP contribution in [0.15, 0.2) is 42.5 Å². The lowest BCUT2D eigenvalue weighted by Crippen LogP contribution is -2.44. The first kappa shape index (κ1) is 20.3. The molecule has 0 aliphatic heterocycles. The van der Waals surface area contributed by atoms with E-state index in [0.717, 1.165) is 16.7 Å². The number of benzene rings is 2. The fourth-order valence-electron chi connectivity index (χ4n) is 2.63. The zero-order chi connectivity index (χ0) is 19.3. The van der Waals surface area contributed by atoms with Crippen molar-refractivity contribution in [2.45, 2.75) is 39.3 Å². The Morgan fingerprint density at radius 3 is 2.38 bits per heavy atom. The van der Waals surface area contributed by atoms with E-state index in [2.05, 4.69) is 5.32 Å². The molecule has 0 fully saturated rings. The minimum Gasteiger partial charge on any atom is -0.459 e. The Labute approximate surface area is 163 Å². The highest BCUT2D eigenvalue weighted by Gasteiger charge is 2.29. The average Bonchev–Trinajstić information content (AvgIpc) is 2.62. The third-order valence-corrected chi connectivity index (χ3v) is 4.99. The van der Waals surface area contributed by atoms with Crippen molar-refractivity contribution >= 4 is 35.1 Å². The van der Waals surface area contributed by atoms with E-state index >= 15 is 0 Å². The lowest BCUT2D eigenvalue weighted by Gasteiger charge is -2.24. The summed E-state index contributed by atoms with van der Waals surface area (Å²) < 4.78 is 5.41. The van der Waals surface area contributed by atoms with Gasteiger partial charge in [0.05, 0.1) is 10.0 Å². The second-order valence-electron chi connectivity index (χ2n) is 6.19. The Hall–Kier alpha value is -2.04. The summed E-state index contributed by atoms with van der Waals surface area (Å²) in [5, 5.41) is 3.57. The van der Waals surface area contributed by atoms with E-state index in [4.69, 9.17) is 27.9 Å². The van der Waals surface area contributed by atoms with Crippen molar-refractivity contribution in [2.24, 2.45) is 0 Å². The van der Waals surface area contributed by atoms with Crippen molar-refractivity contribution in [2.75, 3.05) is 0 Å². The maximum atomic E-state index is 12.6. The maximum absolute atomic E-state index is 12.6. The smallest absolute Gasteiger partial charge is 0.329 e. The van der Waals surface area contributed by atoms with Gasteiger partial charge in [-0.3, -0.25) is 4.79 Å². The molecule has 26 heavy (non-hydrogen) atoms. The summed E-state index contributed by atoms with van der Waals surface area (Å²) in [5.74, 6) is -1.15. The summed E-state index contributed by atoms with van der Waals surface area (Å²) in [6.45, 7) is 5.18. The normalized spacial score (nSPS) is 13.0. The Morgan fingerprint density at radius 2 is 1.81 bits per heavy atom. The van der Waals surface area contributed by atoms with Crippen LogP contribution in [0.3, 0.4) is 0 Å². The fourth-order valence-corrected chi connectivity index (χ4v) is 3.02. The van der Waals surface area contributed by atoms with E-state index in [1.165, 1.54) is 6.92 Å². The van der Waals surface area contributed by atoms with Crippen LogP contribution in [0.2, 0.25) is 10.0 Å². The predicted octanol–water partition coefficient (Wildman–Crippen LogP) is 4.65. The largest absolute Gasteiger partial charge is 0.459 e. The zero-order valence-electron chi connectivity index (χ0n) is 14.9. The van der Waals surface area contributed by atoms with Gasteiger partial charge < -0.3 is 10.1 Å². The van der Waals surface area contributed by atoms with Crippen LogP contribution in [0.25, 0.3) is 0 Å². The van der Waals surface area contributed by atoms with Crippen molar-refractivity contribution in [1.82, 2.24) is 5.32 Å². The summed E-state index contributed by atoms with van der Waals surface area (Å²) in [7, 11) is 0. The van der Waals surface area contributed by atoms with Gasteiger partial charge in [0.25, 0.3) is 0 Å². The molecular weight excluding hydrogens is 373 g/mol. The third kappa shape index (κ3) is 5.23. The van der Waals surface area contributed by atoms with Crippen LogP contribution in [0.1, 0.15) is 36.5 Å². The fraction of sp³-hybridized carbons (Fsp3) is 0.300. The lowest BCUT2D eigenvalue weighted by molar-refractivity contribution is -0.149. The minimum absolute atomic E-state index is 0.142. The summed E-state index contributed by atoms with van der Waals surface area (Å²) >= 11 is 12.3. The number of carbonyl (C=O) groups excluding carboxylic acids is 2. The summed E-state index contributed by atoms with van der Waals surface area (Å²) in [5.41, 5.74) is 2.48. The topological polar surface area (TPSA) is 55.4 Å². The number of amides is 1. The molecule has 0 aromatic heterocycles. The van der Waals surface area contributed by atoms with Crippen LogP contribution in [0.5, 0.6) is 0 Å². The van der Waals surface area contributed by atoms with E-state index in [-0.39, 0.29) is 18.4 Å². The highest BCUT2D eigenvalue weighted by atomic mass is 35.5. The SMILES string of the molecule is CC(=O)NC(C(=O)OCc1ccccc1)C(C)c1cc(C)c(Cl)c(Cl)c1. The van der Waals surface area contributed by atoms with E-state index in [9.17, 15) is 9.59 Å². The maximum Gasteiger partial charge on any atom is 0.329 e.